The molecule has 0 radical (unpaired) electrons. The molecule has 0 aromatic heterocycles. The van der Waals surface area contributed by atoms with Gasteiger partial charge in [-0.15, -0.1) is 0 Å². The highest BCUT2D eigenvalue weighted by molar-refractivity contribution is 6.04. The number of imide groups is 1. The van der Waals surface area contributed by atoms with Crippen LogP contribution in [0.5, 0.6) is 0 Å². The minimum atomic E-state index is -0.785. The number of rotatable bonds is 7. The number of hydrogen-bond donors (Lipinski definition) is 0. The Morgan fingerprint density at radius 3 is 2.28 bits per heavy atom. The summed E-state index contributed by atoms with van der Waals surface area (Å²) in [5.41, 5.74) is 0.796. The van der Waals surface area contributed by atoms with E-state index in [1.54, 1.807) is 17.0 Å². The monoisotopic (exact) mass is 404 g/mol. The molecule has 1 aromatic carbocycles. The van der Waals surface area contributed by atoms with Crippen LogP contribution in [0.15, 0.2) is 24.3 Å². The van der Waals surface area contributed by atoms with Crippen LogP contribution in [0.2, 0.25) is 0 Å². The molecule has 0 atom stereocenters. The quantitative estimate of drug-likeness (QED) is 0.514. The predicted molar refractivity (Wildman–Crippen MR) is 101 cm³/mol. The van der Waals surface area contributed by atoms with E-state index in [1.165, 1.54) is 12.1 Å². The minimum Gasteiger partial charge on any atom is -0.454 e. The molecule has 0 unspecified atom stereocenters. The van der Waals surface area contributed by atoms with Gasteiger partial charge in [0.05, 0.1) is 0 Å². The van der Waals surface area contributed by atoms with E-state index < -0.39 is 30.9 Å². The SMILES string of the molecule is O=C(CN1C(=O)CCC1=O)OCC(=O)N(Cc1ccc(F)cc1)C1CCCCC1. The summed E-state index contributed by atoms with van der Waals surface area (Å²) in [6, 6.07) is 6.01. The molecular formula is C21H25FN2O5. The molecular weight excluding hydrogens is 379 g/mol. The van der Waals surface area contributed by atoms with Gasteiger partial charge in [0.15, 0.2) is 6.61 Å². The van der Waals surface area contributed by atoms with Gasteiger partial charge in [0, 0.05) is 25.4 Å². The summed E-state index contributed by atoms with van der Waals surface area (Å²) in [6.07, 6.45) is 5.11. The Balaban J connectivity index is 1.59. The van der Waals surface area contributed by atoms with E-state index in [4.69, 9.17) is 4.74 Å². The van der Waals surface area contributed by atoms with Crippen LogP contribution in [0.25, 0.3) is 0 Å². The van der Waals surface area contributed by atoms with Gasteiger partial charge in [-0.3, -0.25) is 24.1 Å². The van der Waals surface area contributed by atoms with Gasteiger partial charge in [-0.25, -0.2) is 4.39 Å². The molecule has 0 N–H and O–H groups in total. The average molecular weight is 404 g/mol. The van der Waals surface area contributed by atoms with E-state index in [0.717, 1.165) is 42.6 Å². The fraction of sp³-hybridized carbons (Fsp3) is 0.524. The normalized spacial score (nSPS) is 17.5. The Morgan fingerprint density at radius 1 is 1.03 bits per heavy atom. The second kappa shape index (κ2) is 9.62. The van der Waals surface area contributed by atoms with Crippen LogP contribution in [-0.4, -0.2) is 52.7 Å². The van der Waals surface area contributed by atoms with Gasteiger partial charge in [0.1, 0.15) is 12.4 Å². The van der Waals surface area contributed by atoms with Crippen LogP contribution < -0.4 is 0 Å². The first-order valence-electron chi connectivity index (χ1n) is 9.97. The summed E-state index contributed by atoms with van der Waals surface area (Å²) in [6.45, 7) is -0.608. The summed E-state index contributed by atoms with van der Waals surface area (Å²) in [4.78, 5) is 50.6. The number of nitrogens with zero attached hydrogens (tertiary/aromatic N) is 2. The van der Waals surface area contributed by atoms with Crippen molar-refractivity contribution in [1.82, 2.24) is 9.80 Å². The number of benzene rings is 1. The summed E-state index contributed by atoms with van der Waals surface area (Å²) in [5.74, 6) is -2.28. The Morgan fingerprint density at radius 2 is 1.66 bits per heavy atom. The number of carbonyl (C=O) groups excluding carboxylic acids is 4. The molecule has 1 saturated heterocycles. The van der Waals surface area contributed by atoms with Crippen molar-refractivity contribution < 1.29 is 28.3 Å². The van der Waals surface area contributed by atoms with Gasteiger partial charge in [-0.2, -0.15) is 0 Å². The Labute approximate surface area is 168 Å². The van der Waals surface area contributed by atoms with Crippen molar-refractivity contribution >= 4 is 23.7 Å². The van der Waals surface area contributed by atoms with E-state index in [2.05, 4.69) is 0 Å². The number of carbonyl (C=O) groups is 4. The number of ether oxygens (including phenoxy) is 1. The zero-order chi connectivity index (χ0) is 20.8. The molecule has 7 nitrogen and oxygen atoms in total. The van der Waals surface area contributed by atoms with Gasteiger partial charge in [-0.1, -0.05) is 31.4 Å². The van der Waals surface area contributed by atoms with Crippen LogP contribution in [0.4, 0.5) is 4.39 Å². The van der Waals surface area contributed by atoms with E-state index in [1.807, 2.05) is 0 Å². The van der Waals surface area contributed by atoms with Crippen LogP contribution >= 0.6 is 0 Å². The highest BCUT2D eigenvalue weighted by Crippen LogP contribution is 2.24. The van der Waals surface area contributed by atoms with Gasteiger partial charge in [0.25, 0.3) is 5.91 Å². The first-order chi connectivity index (χ1) is 13.9. The molecule has 1 heterocycles. The van der Waals surface area contributed by atoms with Gasteiger partial charge < -0.3 is 9.64 Å². The highest BCUT2D eigenvalue weighted by atomic mass is 19.1. The van der Waals surface area contributed by atoms with Crippen molar-refractivity contribution in [2.24, 2.45) is 0 Å². The molecule has 0 spiro atoms. The first-order valence-corrected chi connectivity index (χ1v) is 9.97. The van der Waals surface area contributed by atoms with Crippen molar-refractivity contribution in [3.8, 4) is 0 Å². The summed E-state index contributed by atoms with van der Waals surface area (Å²) in [7, 11) is 0. The number of hydrogen-bond acceptors (Lipinski definition) is 5. The Hall–Kier alpha value is -2.77. The van der Waals surface area contributed by atoms with Gasteiger partial charge in [0.2, 0.25) is 11.8 Å². The van der Waals surface area contributed by atoms with Crippen LogP contribution in [0.1, 0.15) is 50.5 Å². The lowest BCUT2D eigenvalue weighted by Crippen LogP contribution is -2.43. The number of amides is 3. The van der Waals surface area contributed by atoms with Crippen molar-refractivity contribution in [3.63, 3.8) is 0 Å². The zero-order valence-electron chi connectivity index (χ0n) is 16.3. The maximum Gasteiger partial charge on any atom is 0.326 e. The molecule has 1 aliphatic heterocycles. The van der Waals surface area contributed by atoms with Crippen molar-refractivity contribution in [2.75, 3.05) is 13.2 Å². The fourth-order valence-corrected chi connectivity index (χ4v) is 3.80. The molecule has 3 amide bonds. The molecule has 2 aliphatic rings. The summed E-state index contributed by atoms with van der Waals surface area (Å²) >= 11 is 0. The minimum absolute atomic E-state index is 0.0433. The Kier molecular flexibility index (Phi) is 6.95. The smallest absolute Gasteiger partial charge is 0.326 e. The standard InChI is InChI=1S/C21H25FN2O5/c22-16-8-6-15(7-9-16)12-23(17-4-2-1-3-5-17)20(27)14-29-21(28)13-24-18(25)10-11-19(24)26/h6-9,17H,1-5,10-14H2. The van der Waals surface area contributed by atoms with Crippen LogP contribution in [0, 0.1) is 5.82 Å². The first kappa shape index (κ1) is 21.0. The van der Waals surface area contributed by atoms with E-state index in [9.17, 15) is 23.6 Å². The molecule has 1 saturated carbocycles. The fourth-order valence-electron chi connectivity index (χ4n) is 3.80. The van der Waals surface area contributed by atoms with E-state index >= 15 is 0 Å². The number of halogens is 1. The molecule has 2 fully saturated rings. The van der Waals surface area contributed by atoms with Crippen LogP contribution in [0.3, 0.4) is 0 Å². The maximum atomic E-state index is 13.2. The lowest BCUT2D eigenvalue weighted by molar-refractivity contribution is -0.157. The molecule has 29 heavy (non-hydrogen) atoms. The molecule has 3 rings (SSSR count). The average Bonchev–Trinajstić information content (AvgIpc) is 3.04. The lowest BCUT2D eigenvalue weighted by atomic mass is 9.93. The Bertz CT molecular complexity index is 758. The summed E-state index contributed by atoms with van der Waals surface area (Å²) in [5, 5.41) is 0. The third-order valence-electron chi connectivity index (χ3n) is 5.40. The highest BCUT2D eigenvalue weighted by Gasteiger charge is 2.32. The number of esters is 1. The third kappa shape index (κ3) is 5.62. The molecule has 8 heteroatoms. The molecule has 0 bridgehead atoms. The second-order valence-corrected chi connectivity index (χ2v) is 7.47. The second-order valence-electron chi connectivity index (χ2n) is 7.47. The maximum absolute atomic E-state index is 13.2. The van der Waals surface area contributed by atoms with Crippen molar-refractivity contribution in [1.29, 1.82) is 0 Å². The van der Waals surface area contributed by atoms with E-state index in [0.29, 0.717) is 6.54 Å². The third-order valence-corrected chi connectivity index (χ3v) is 5.40. The number of likely N-dealkylation sites (tertiary alicyclic amines) is 1. The zero-order valence-corrected chi connectivity index (χ0v) is 16.3. The molecule has 1 aromatic rings. The van der Waals surface area contributed by atoms with Gasteiger partial charge >= 0.3 is 5.97 Å². The van der Waals surface area contributed by atoms with Crippen molar-refractivity contribution in [3.05, 3.63) is 35.6 Å². The van der Waals surface area contributed by atoms with Crippen LogP contribution in [-0.2, 0) is 30.5 Å². The molecule has 1 aliphatic carbocycles. The topological polar surface area (TPSA) is 84.0 Å². The van der Waals surface area contributed by atoms with Crippen molar-refractivity contribution in [2.45, 2.75) is 57.5 Å². The largest absolute Gasteiger partial charge is 0.454 e. The van der Waals surface area contributed by atoms with E-state index in [-0.39, 0.29) is 30.6 Å². The lowest BCUT2D eigenvalue weighted by Gasteiger charge is -2.34. The molecule has 156 valence electrons. The summed E-state index contributed by atoms with van der Waals surface area (Å²) < 4.78 is 18.2. The predicted octanol–water partition coefficient (Wildman–Crippen LogP) is 2.18. The van der Waals surface area contributed by atoms with Gasteiger partial charge in [-0.05, 0) is 30.5 Å².